The Hall–Kier alpha value is -1.60. The summed E-state index contributed by atoms with van der Waals surface area (Å²) in [6, 6.07) is -0.285. The van der Waals surface area contributed by atoms with E-state index in [1.165, 1.54) is 0 Å². The van der Waals surface area contributed by atoms with Gasteiger partial charge in [0.1, 0.15) is 0 Å². The standard InChI is InChI=1S/C14H23N3O4/c1-4-20-13(18)11-5-15-14(19)16-12(11)8-17-6-9(2)21-10(3)7-17/h9-10H,4-8H2,1-3H3,(H2,15,16,19). The summed E-state index contributed by atoms with van der Waals surface area (Å²) >= 11 is 0. The van der Waals surface area contributed by atoms with Gasteiger partial charge in [-0.05, 0) is 20.8 Å². The van der Waals surface area contributed by atoms with E-state index in [-0.39, 0.29) is 30.8 Å². The molecule has 0 spiro atoms. The van der Waals surface area contributed by atoms with Crippen molar-refractivity contribution in [1.82, 2.24) is 15.5 Å². The molecule has 0 bridgehead atoms. The van der Waals surface area contributed by atoms with Crippen LogP contribution in [-0.4, -0.2) is 61.9 Å². The molecule has 0 radical (unpaired) electrons. The van der Waals surface area contributed by atoms with E-state index in [4.69, 9.17) is 9.47 Å². The van der Waals surface area contributed by atoms with Gasteiger partial charge in [-0.15, -0.1) is 0 Å². The van der Waals surface area contributed by atoms with Crippen LogP contribution in [0.1, 0.15) is 20.8 Å². The summed E-state index contributed by atoms with van der Waals surface area (Å²) in [5.74, 6) is -0.380. The second-order valence-electron chi connectivity index (χ2n) is 5.44. The number of carbonyl (C=O) groups is 2. The largest absolute Gasteiger partial charge is 0.463 e. The Morgan fingerprint density at radius 2 is 2.05 bits per heavy atom. The maximum atomic E-state index is 12.0. The van der Waals surface area contributed by atoms with Crippen molar-refractivity contribution < 1.29 is 19.1 Å². The zero-order chi connectivity index (χ0) is 15.4. The zero-order valence-corrected chi connectivity index (χ0v) is 12.8. The Kier molecular flexibility index (Phi) is 5.19. The van der Waals surface area contributed by atoms with Gasteiger partial charge in [0, 0.05) is 25.3 Å². The highest BCUT2D eigenvalue weighted by Crippen LogP contribution is 2.15. The minimum atomic E-state index is -0.380. The molecule has 2 heterocycles. The van der Waals surface area contributed by atoms with E-state index in [1.807, 2.05) is 13.8 Å². The van der Waals surface area contributed by atoms with Crippen molar-refractivity contribution >= 4 is 12.0 Å². The predicted octanol–water partition coefficient (Wildman–Crippen LogP) is 0.226. The molecule has 7 heteroatoms. The first kappa shape index (κ1) is 15.8. The number of morpholine rings is 1. The Morgan fingerprint density at radius 3 is 2.67 bits per heavy atom. The molecule has 2 rings (SSSR count). The van der Waals surface area contributed by atoms with Crippen LogP contribution in [0.2, 0.25) is 0 Å². The van der Waals surface area contributed by atoms with Crippen molar-refractivity contribution in [3.05, 3.63) is 11.3 Å². The van der Waals surface area contributed by atoms with Crippen molar-refractivity contribution in [3.63, 3.8) is 0 Å². The highest BCUT2D eigenvalue weighted by molar-refractivity contribution is 5.93. The van der Waals surface area contributed by atoms with E-state index in [0.717, 1.165) is 13.1 Å². The first-order valence-electron chi connectivity index (χ1n) is 7.31. The predicted molar refractivity (Wildman–Crippen MR) is 76.6 cm³/mol. The van der Waals surface area contributed by atoms with E-state index in [2.05, 4.69) is 15.5 Å². The topological polar surface area (TPSA) is 79.9 Å². The summed E-state index contributed by atoms with van der Waals surface area (Å²) < 4.78 is 10.7. The second kappa shape index (κ2) is 6.91. The van der Waals surface area contributed by atoms with E-state index < -0.39 is 0 Å². The van der Waals surface area contributed by atoms with Gasteiger partial charge in [-0.2, -0.15) is 0 Å². The van der Waals surface area contributed by atoms with Gasteiger partial charge in [0.15, 0.2) is 0 Å². The SMILES string of the molecule is CCOC(=O)C1=C(CN2CC(C)OC(C)C2)NC(=O)NC1. The van der Waals surface area contributed by atoms with Crippen LogP contribution < -0.4 is 10.6 Å². The Morgan fingerprint density at radius 1 is 1.38 bits per heavy atom. The molecular formula is C14H23N3O4. The number of carbonyl (C=O) groups excluding carboxylic acids is 2. The number of hydrogen-bond acceptors (Lipinski definition) is 5. The van der Waals surface area contributed by atoms with Crippen LogP contribution in [0.15, 0.2) is 11.3 Å². The van der Waals surface area contributed by atoms with Crippen molar-refractivity contribution in [1.29, 1.82) is 0 Å². The van der Waals surface area contributed by atoms with Crippen LogP contribution in [-0.2, 0) is 14.3 Å². The minimum absolute atomic E-state index is 0.137. The average molecular weight is 297 g/mol. The fourth-order valence-electron chi connectivity index (χ4n) is 2.72. The summed E-state index contributed by atoms with van der Waals surface area (Å²) in [5, 5.41) is 5.33. The van der Waals surface area contributed by atoms with Gasteiger partial charge in [0.2, 0.25) is 0 Å². The first-order valence-corrected chi connectivity index (χ1v) is 7.31. The quantitative estimate of drug-likeness (QED) is 0.726. The number of amides is 2. The van der Waals surface area contributed by atoms with Gasteiger partial charge in [-0.3, -0.25) is 4.90 Å². The van der Waals surface area contributed by atoms with Crippen LogP contribution in [0.25, 0.3) is 0 Å². The highest BCUT2D eigenvalue weighted by Gasteiger charge is 2.28. The first-order chi connectivity index (χ1) is 9.99. The van der Waals surface area contributed by atoms with Crippen LogP contribution in [0, 0.1) is 0 Å². The molecule has 7 nitrogen and oxygen atoms in total. The van der Waals surface area contributed by atoms with Crippen molar-refractivity contribution in [2.45, 2.75) is 33.0 Å². The smallest absolute Gasteiger partial charge is 0.337 e. The molecule has 21 heavy (non-hydrogen) atoms. The average Bonchev–Trinajstić information content (AvgIpc) is 2.37. The molecule has 0 saturated carbocycles. The third-order valence-corrected chi connectivity index (χ3v) is 3.45. The molecule has 1 fully saturated rings. The molecule has 0 aromatic rings. The number of esters is 1. The van der Waals surface area contributed by atoms with Crippen LogP contribution in [0.3, 0.4) is 0 Å². The third kappa shape index (κ3) is 4.18. The molecule has 2 aliphatic heterocycles. The molecule has 1 saturated heterocycles. The van der Waals surface area contributed by atoms with Gasteiger partial charge in [0.25, 0.3) is 0 Å². The lowest BCUT2D eigenvalue weighted by atomic mass is 10.1. The van der Waals surface area contributed by atoms with Crippen molar-refractivity contribution in [3.8, 4) is 0 Å². The fourth-order valence-corrected chi connectivity index (χ4v) is 2.72. The van der Waals surface area contributed by atoms with Crippen LogP contribution >= 0.6 is 0 Å². The molecule has 2 N–H and O–H groups in total. The van der Waals surface area contributed by atoms with Gasteiger partial charge in [-0.25, -0.2) is 9.59 Å². The number of rotatable bonds is 4. The van der Waals surface area contributed by atoms with Gasteiger partial charge in [-0.1, -0.05) is 0 Å². The number of nitrogens with zero attached hydrogens (tertiary/aromatic N) is 1. The van der Waals surface area contributed by atoms with Gasteiger partial charge >= 0.3 is 12.0 Å². The molecule has 2 atom stereocenters. The third-order valence-electron chi connectivity index (χ3n) is 3.45. The molecule has 2 amide bonds. The number of ether oxygens (including phenoxy) is 2. The maximum Gasteiger partial charge on any atom is 0.337 e. The monoisotopic (exact) mass is 297 g/mol. The summed E-state index contributed by atoms with van der Waals surface area (Å²) in [5.41, 5.74) is 1.11. The Balaban J connectivity index is 2.11. The summed E-state index contributed by atoms with van der Waals surface area (Å²) in [7, 11) is 0. The molecular weight excluding hydrogens is 274 g/mol. The normalized spacial score (nSPS) is 27.1. The lowest BCUT2D eigenvalue weighted by Crippen LogP contribution is -2.50. The van der Waals surface area contributed by atoms with Crippen LogP contribution in [0.5, 0.6) is 0 Å². The van der Waals surface area contributed by atoms with Gasteiger partial charge in [0.05, 0.1) is 30.9 Å². The Bertz CT molecular complexity index is 440. The summed E-state index contributed by atoms with van der Waals surface area (Å²) in [4.78, 5) is 25.7. The van der Waals surface area contributed by atoms with Crippen molar-refractivity contribution in [2.75, 3.05) is 32.8 Å². The van der Waals surface area contributed by atoms with Gasteiger partial charge < -0.3 is 20.1 Å². The summed E-state index contributed by atoms with van der Waals surface area (Å²) in [6.45, 7) is 8.37. The van der Waals surface area contributed by atoms with Crippen molar-refractivity contribution in [2.24, 2.45) is 0 Å². The van der Waals surface area contributed by atoms with E-state index in [9.17, 15) is 9.59 Å². The minimum Gasteiger partial charge on any atom is -0.463 e. The zero-order valence-electron chi connectivity index (χ0n) is 12.8. The highest BCUT2D eigenvalue weighted by atomic mass is 16.5. The van der Waals surface area contributed by atoms with E-state index in [0.29, 0.717) is 24.4 Å². The fraction of sp³-hybridized carbons (Fsp3) is 0.714. The molecule has 2 unspecified atom stereocenters. The number of hydrogen-bond donors (Lipinski definition) is 2. The van der Waals surface area contributed by atoms with E-state index in [1.54, 1.807) is 6.92 Å². The lowest BCUT2D eigenvalue weighted by Gasteiger charge is -2.36. The molecule has 0 aromatic carbocycles. The maximum absolute atomic E-state index is 12.0. The number of urea groups is 1. The van der Waals surface area contributed by atoms with E-state index >= 15 is 0 Å². The summed E-state index contributed by atoms with van der Waals surface area (Å²) in [6.07, 6.45) is 0.274. The second-order valence-corrected chi connectivity index (χ2v) is 5.44. The molecule has 2 aliphatic rings. The molecule has 0 aliphatic carbocycles. The number of nitrogens with one attached hydrogen (secondary N) is 2. The van der Waals surface area contributed by atoms with Crippen LogP contribution in [0.4, 0.5) is 4.79 Å². The Labute approximate surface area is 124 Å². The molecule has 0 aromatic heterocycles. The lowest BCUT2D eigenvalue weighted by molar-refractivity contribution is -0.138. The molecule has 118 valence electrons.